The normalized spacial score (nSPS) is 16.6. The van der Waals surface area contributed by atoms with Crippen LogP contribution in [0.3, 0.4) is 0 Å². The third-order valence-electron chi connectivity index (χ3n) is 5.18. The monoisotopic (exact) mass is 373 g/mol. The molecule has 2 amide bonds. The number of benzene rings is 2. The topological polar surface area (TPSA) is 62.3 Å². The van der Waals surface area contributed by atoms with Crippen LogP contribution in [-0.4, -0.2) is 29.4 Å². The Kier molecular flexibility index (Phi) is 4.82. The number of nitrogens with one attached hydrogen (secondary N) is 1. The highest BCUT2D eigenvalue weighted by atomic mass is 16.2. The molecule has 4 rings (SSSR count). The number of nitrogens with zero attached hydrogens (tertiary/aromatic N) is 2. The van der Waals surface area contributed by atoms with Crippen molar-refractivity contribution in [2.24, 2.45) is 0 Å². The fraction of sp³-hybridized carbons (Fsp3) is 0.261. The van der Waals surface area contributed by atoms with Crippen molar-refractivity contribution in [2.75, 3.05) is 11.4 Å². The zero-order valence-electron chi connectivity index (χ0n) is 16.1. The average Bonchev–Trinajstić information content (AvgIpc) is 3.07. The third kappa shape index (κ3) is 3.48. The van der Waals surface area contributed by atoms with E-state index in [4.69, 9.17) is 0 Å². The van der Waals surface area contributed by atoms with E-state index in [9.17, 15) is 9.59 Å². The Morgan fingerprint density at radius 3 is 2.71 bits per heavy atom. The van der Waals surface area contributed by atoms with Gasteiger partial charge in [0.1, 0.15) is 0 Å². The van der Waals surface area contributed by atoms with Crippen LogP contribution in [0.25, 0.3) is 10.9 Å². The minimum atomic E-state index is -0.210. The number of rotatable bonds is 4. The van der Waals surface area contributed by atoms with E-state index in [1.165, 1.54) is 5.56 Å². The zero-order chi connectivity index (χ0) is 19.7. The summed E-state index contributed by atoms with van der Waals surface area (Å²) in [6, 6.07) is 17.2. The Balaban J connectivity index is 1.58. The Labute approximate surface area is 164 Å². The van der Waals surface area contributed by atoms with Crippen molar-refractivity contribution >= 4 is 28.4 Å². The van der Waals surface area contributed by atoms with Crippen LogP contribution in [0.1, 0.15) is 35.0 Å². The van der Waals surface area contributed by atoms with E-state index in [2.05, 4.69) is 17.2 Å². The summed E-state index contributed by atoms with van der Waals surface area (Å²) in [6.45, 7) is 4.46. The van der Waals surface area contributed by atoms with Gasteiger partial charge in [-0.1, -0.05) is 31.2 Å². The highest BCUT2D eigenvalue weighted by molar-refractivity contribution is 6.07. The van der Waals surface area contributed by atoms with E-state index in [1.807, 2.05) is 61.5 Å². The van der Waals surface area contributed by atoms with Crippen LogP contribution in [0.15, 0.2) is 54.6 Å². The summed E-state index contributed by atoms with van der Waals surface area (Å²) in [5, 5.41) is 3.91. The second kappa shape index (κ2) is 7.43. The van der Waals surface area contributed by atoms with Gasteiger partial charge in [0, 0.05) is 29.7 Å². The van der Waals surface area contributed by atoms with E-state index >= 15 is 0 Å². The number of aromatic nitrogens is 1. The summed E-state index contributed by atoms with van der Waals surface area (Å²) in [5.74, 6) is -0.128. The van der Waals surface area contributed by atoms with Gasteiger partial charge in [-0.25, -0.2) is 0 Å². The maximum absolute atomic E-state index is 13.0. The first-order valence-corrected chi connectivity index (χ1v) is 9.61. The van der Waals surface area contributed by atoms with Gasteiger partial charge in [0.25, 0.3) is 5.91 Å². The van der Waals surface area contributed by atoms with Crippen molar-refractivity contribution in [1.82, 2.24) is 10.3 Å². The Morgan fingerprint density at radius 2 is 1.96 bits per heavy atom. The lowest BCUT2D eigenvalue weighted by Crippen LogP contribution is -2.37. The molecular formula is C23H23N3O2. The van der Waals surface area contributed by atoms with E-state index < -0.39 is 0 Å². The lowest BCUT2D eigenvalue weighted by atomic mass is 10.0. The summed E-state index contributed by atoms with van der Waals surface area (Å²) in [6.07, 6.45) is 1.21. The summed E-state index contributed by atoms with van der Waals surface area (Å²) in [5.41, 5.74) is 4.26. The van der Waals surface area contributed by atoms with Gasteiger partial charge in [0.2, 0.25) is 5.91 Å². The number of hydrogen-bond acceptors (Lipinski definition) is 3. The molecule has 28 heavy (non-hydrogen) atoms. The average molecular weight is 373 g/mol. The summed E-state index contributed by atoms with van der Waals surface area (Å²) in [7, 11) is 0. The van der Waals surface area contributed by atoms with Gasteiger partial charge in [-0.2, -0.15) is 0 Å². The third-order valence-corrected chi connectivity index (χ3v) is 5.18. The lowest BCUT2D eigenvalue weighted by Gasteiger charge is -2.17. The van der Waals surface area contributed by atoms with Crippen molar-refractivity contribution < 1.29 is 9.59 Å². The van der Waals surface area contributed by atoms with Crippen LogP contribution in [0.5, 0.6) is 0 Å². The molecule has 142 valence electrons. The molecule has 2 heterocycles. The fourth-order valence-electron chi connectivity index (χ4n) is 3.74. The fourth-order valence-corrected chi connectivity index (χ4v) is 3.74. The molecule has 1 N–H and O–H groups in total. The number of fused-ring (bicyclic) bond motifs is 1. The minimum Gasteiger partial charge on any atom is -0.347 e. The first-order chi connectivity index (χ1) is 13.5. The highest BCUT2D eigenvalue weighted by Crippen LogP contribution is 2.23. The molecule has 1 aliphatic rings. The van der Waals surface area contributed by atoms with E-state index in [-0.39, 0.29) is 17.9 Å². The molecule has 0 saturated carbocycles. The van der Waals surface area contributed by atoms with E-state index in [1.54, 1.807) is 4.90 Å². The number of para-hydroxylation sites is 1. The number of carbonyl (C=O) groups excluding carboxylic acids is 2. The van der Waals surface area contributed by atoms with Crippen LogP contribution in [0.2, 0.25) is 0 Å². The number of pyridine rings is 1. The molecule has 0 spiro atoms. The van der Waals surface area contributed by atoms with Crippen LogP contribution in [0.4, 0.5) is 5.69 Å². The van der Waals surface area contributed by atoms with E-state index in [0.717, 1.165) is 28.7 Å². The number of carbonyl (C=O) groups is 2. The number of aryl methyl sites for hydroxylation is 2. The van der Waals surface area contributed by atoms with Gasteiger partial charge < -0.3 is 10.2 Å². The summed E-state index contributed by atoms with van der Waals surface area (Å²) >= 11 is 0. The molecule has 3 aromatic rings. The van der Waals surface area contributed by atoms with Crippen molar-refractivity contribution in [3.05, 3.63) is 71.4 Å². The number of hydrogen-bond donors (Lipinski definition) is 1. The molecule has 1 saturated heterocycles. The number of anilines is 1. The molecule has 5 nitrogen and oxygen atoms in total. The lowest BCUT2D eigenvalue weighted by molar-refractivity contribution is -0.117. The first-order valence-electron chi connectivity index (χ1n) is 9.61. The van der Waals surface area contributed by atoms with Crippen molar-refractivity contribution in [1.29, 1.82) is 0 Å². The molecule has 0 aliphatic carbocycles. The van der Waals surface area contributed by atoms with Gasteiger partial charge >= 0.3 is 0 Å². The second-order valence-corrected chi connectivity index (χ2v) is 7.23. The van der Waals surface area contributed by atoms with E-state index in [0.29, 0.717) is 18.5 Å². The van der Waals surface area contributed by atoms with Crippen LogP contribution in [0, 0.1) is 6.92 Å². The smallest absolute Gasteiger partial charge is 0.252 e. The Bertz CT molecular complexity index is 1050. The van der Waals surface area contributed by atoms with Crippen LogP contribution in [-0.2, 0) is 11.2 Å². The largest absolute Gasteiger partial charge is 0.347 e. The Morgan fingerprint density at radius 1 is 1.18 bits per heavy atom. The van der Waals surface area contributed by atoms with Gasteiger partial charge in [-0.15, -0.1) is 0 Å². The van der Waals surface area contributed by atoms with Gasteiger partial charge in [-0.05, 0) is 49.2 Å². The van der Waals surface area contributed by atoms with Gasteiger partial charge in [0.05, 0.1) is 17.1 Å². The molecule has 1 atom stereocenters. The molecule has 0 bridgehead atoms. The van der Waals surface area contributed by atoms with Gasteiger partial charge in [-0.3, -0.25) is 14.6 Å². The molecule has 1 aromatic heterocycles. The molecule has 2 aromatic carbocycles. The van der Waals surface area contributed by atoms with Crippen molar-refractivity contribution in [2.45, 2.75) is 32.7 Å². The quantitative estimate of drug-likeness (QED) is 0.759. The zero-order valence-corrected chi connectivity index (χ0v) is 16.1. The highest BCUT2D eigenvalue weighted by Gasteiger charge is 2.32. The standard InChI is InChI=1S/C23H23N3O2/c1-3-16-9-10-21-19(12-16)20(11-15(2)24-21)23(28)25-17-13-22(27)26(14-17)18-7-5-4-6-8-18/h4-12,17H,3,13-14H2,1-2H3,(H,25,28)/t17-/m0/s1. The minimum absolute atomic E-state index is 0.0283. The van der Waals surface area contributed by atoms with Crippen molar-refractivity contribution in [3.8, 4) is 0 Å². The second-order valence-electron chi connectivity index (χ2n) is 7.23. The Hall–Kier alpha value is -3.21. The first kappa shape index (κ1) is 18.2. The molecule has 1 aliphatic heterocycles. The van der Waals surface area contributed by atoms with Gasteiger partial charge in [0.15, 0.2) is 0 Å². The van der Waals surface area contributed by atoms with Crippen LogP contribution < -0.4 is 10.2 Å². The SMILES string of the molecule is CCc1ccc2nc(C)cc(C(=O)N[C@H]3CC(=O)N(c4ccccc4)C3)c2c1. The van der Waals surface area contributed by atoms with Crippen molar-refractivity contribution in [3.63, 3.8) is 0 Å². The predicted molar refractivity (Wildman–Crippen MR) is 111 cm³/mol. The molecular weight excluding hydrogens is 350 g/mol. The summed E-state index contributed by atoms with van der Waals surface area (Å²) in [4.78, 5) is 31.7. The maximum Gasteiger partial charge on any atom is 0.252 e. The summed E-state index contributed by atoms with van der Waals surface area (Å²) < 4.78 is 0. The predicted octanol–water partition coefficient (Wildman–Crippen LogP) is 3.64. The molecule has 1 fully saturated rings. The molecule has 0 radical (unpaired) electrons. The number of amides is 2. The maximum atomic E-state index is 13.0. The molecule has 0 unspecified atom stereocenters. The molecule has 5 heteroatoms. The van der Waals surface area contributed by atoms with Crippen LogP contribution >= 0.6 is 0 Å².